The van der Waals surface area contributed by atoms with E-state index in [-0.39, 0.29) is 12.5 Å². The Morgan fingerprint density at radius 1 is 1.06 bits per heavy atom. The average Bonchev–Trinajstić information content (AvgIpc) is 2.81. The van der Waals surface area contributed by atoms with Crippen LogP contribution in [-0.4, -0.2) is 52.3 Å². The normalized spacial score (nSPS) is 13.4. The molecule has 0 unspecified atom stereocenters. The molecule has 2 aromatic rings. The molecule has 2 N–H and O–H groups in total. The predicted octanol–water partition coefficient (Wildman–Crippen LogP) is 3.00. The molecule has 0 fully saturated rings. The van der Waals surface area contributed by atoms with Crippen molar-refractivity contribution >= 4 is 17.6 Å². The first kappa shape index (κ1) is 22.5. The largest absolute Gasteiger partial charge is 0.497 e. The SMILES string of the molecule is CN=C(NCCCCc1ccc(OC)cc1)NCCCN1C(=O)COc2ccccc21. The number of hydrogen-bond acceptors (Lipinski definition) is 4. The molecule has 3 rings (SSSR count). The van der Waals surface area contributed by atoms with Crippen LogP contribution in [0.25, 0.3) is 0 Å². The highest BCUT2D eigenvalue weighted by Crippen LogP contribution is 2.31. The summed E-state index contributed by atoms with van der Waals surface area (Å²) in [5, 5.41) is 6.68. The number of nitrogens with zero attached hydrogens (tertiary/aromatic N) is 2. The van der Waals surface area contributed by atoms with Crippen molar-refractivity contribution in [2.24, 2.45) is 4.99 Å². The standard InChI is InChI=1S/C24H32N4O3/c1-25-24(26-15-6-5-8-19-11-13-20(30-2)14-12-19)27-16-7-17-28-21-9-3-4-10-22(21)31-18-23(28)29/h3-4,9-14H,5-8,15-18H2,1-2H3,(H2,25,26,27). The van der Waals surface area contributed by atoms with E-state index in [0.717, 1.165) is 61.9 Å². The third-order valence-electron chi connectivity index (χ3n) is 5.23. The molecular weight excluding hydrogens is 392 g/mol. The van der Waals surface area contributed by atoms with Crippen molar-refractivity contribution in [1.29, 1.82) is 0 Å². The summed E-state index contributed by atoms with van der Waals surface area (Å²) in [6, 6.07) is 15.9. The van der Waals surface area contributed by atoms with Crippen molar-refractivity contribution in [3.63, 3.8) is 0 Å². The van der Waals surface area contributed by atoms with Crippen LogP contribution < -0.4 is 25.0 Å². The number of nitrogens with one attached hydrogen (secondary N) is 2. The molecule has 166 valence electrons. The number of ether oxygens (including phenoxy) is 2. The molecule has 0 aromatic heterocycles. The fourth-order valence-corrected chi connectivity index (χ4v) is 3.52. The van der Waals surface area contributed by atoms with E-state index in [4.69, 9.17) is 9.47 Å². The molecule has 0 spiro atoms. The molecule has 0 aliphatic carbocycles. The Hall–Kier alpha value is -3.22. The van der Waals surface area contributed by atoms with Crippen LogP contribution in [-0.2, 0) is 11.2 Å². The van der Waals surface area contributed by atoms with Gasteiger partial charge in [0.1, 0.15) is 11.5 Å². The topological polar surface area (TPSA) is 75.2 Å². The van der Waals surface area contributed by atoms with Crippen LogP contribution in [0.3, 0.4) is 0 Å². The van der Waals surface area contributed by atoms with E-state index in [1.54, 1.807) is 19.1 Å². The van der Waals surface area contributed by atoms with Gasteiger partial charge in [0.25, 0.3) is 5.91 Å². The van der Waals surface area contributed by atoms with Crippen LogP contribution in [0.1, 0.15) is 24.8 Å². The molecule has 0 radical (unpaired) electrons. The van der Waals surface area contributed by atoms with E-state index in [2.05, 4.69) is 27.8 Å². The zero-order valence-corrected chi connectivity index (χ0v) is 18.4. The molecule has 1 heterocycles. The number of benzene rings is 2. The lowest BCUT2D eigenvalue weighted by Crippen LogP contribution is -2.42. The van der Waals surface area contributed by atoms with Crippen molar-refractivity contribution in [2.75, 3.05) is 45.3 Å². The number of anilines is 1. The number of unbranched alkanes of at least 4 members (excludes halogenated alkanes) is 1. The third-order valence-corrected chi connectivity index (χ3v) is 5.23. The number of aryl methyl sites for hydroxylation is 1. The molecule has 0 saturated heterocycles. The Bertz CT molecular complexity index is 867. The molecule has 2 aromatic carbocycles. The Morgan fingerprint density at radius 2 is 1.81 bits per heavy atom. The second-order valence-electron chi connectivity index (χ2n) is 7.39. The number of hydrogen-bond donors (Lipinski definition) is 2. The maximum atomic E-state index is 12.2. The minimum Gasteiger partial charge on any atom is -0.497 e. The number of rotatable bonds is 10. The number of para-hydroxylation sites is 2. The highest BCUT2D eigenvalue weighted by Gasteiger charge is 2.24. The minimum absolute atomic E-state index is 0.00179. The molecule has 0 atom stereocenters. The van der Waals surface area contributed by atoms with Crippen LogP contribution in [0, 0.1) is 0 Å². The summed E-state index contributed by atoms with van der Waals surface area (Å²) in [5.74, 6) is 2.45. The molecule has 7 nitrogen and oxygen atoms in total. The first-order chi connectivity index (χ1) is 15.2. The lowest BCUT2D eigenvalue weighted by atomic mass is 10.1. The minimum atomic E-state index is -0.00179. The molecule has 1 aliphatic rings. The Morgan fingerprint density at radius 3 is 2.55 bits per heavy atom. The molecule has 7 heteroatoms. The summed E-state index contributed by atoms with van der Waals surface area (Å²) < 4.78 is 10.7. The Labute approximate surface area is 184 Å². The van der Waals surface area contributed by atoms with Gasteiger partial charge in [-0.1, -0.05) is 24.3 Å². The number of aliphatic imine (C=N–C) groups is 1. The van der Waals surface area contributed by atoms with E-state index in [0.29, 0.717) is 6.54 Å². The summed E-state index contributed by atoms with van der Waals surface area (Å²) in [4.78, 5) is 18.3. The molecular formula is C24H32N4O3. The van der Waals surface area contributed by atoms with Gasteiger partial charge in [0.2, 0.25) is 0 Å². The quantitative estimate of drug-likeness (QED) is 0.348. The van der Waals surface area contributed by atoms with E-state index in [1.807, 2.05) is 36.4 Å². The van der Waals surface area contributed by atoms with E-state index < -0.39 is 0 Å². The van der Waals surface area contributed by atoms with Crippen molar-refractivity contribution in [2.45, 2.75) is 25.7 Å². The van der Waals surface area contributed by atoms with Gasteiger partial charge in [0.15, 0.2) is 12.6 Å². The van der Waals surface area contributed by atoms with Gasteiger partial charge in [-0.15, -0.1) is 0 Å². The number of fused-ring (bicyclic) bond motifs is 1. The molecule has 0 saturated carbocycles. The number of methoxy groups -OCH3 is 1. The maximum Gasteiger partial charge on any atom is 0.265 e. The highest BCUT2D eigenvalue weighted by atomic mass is 16.5. The monoisotopic (exact) mass is 424 g/mol. The van der Waals surface area contributed by atoms with Gasteiger partial charge in [-0.05, 0) is 55.5 Å². The Balaban J connectivity index is 1.31. The average molecular weight is 425 g/mol. The molecule has 1 amide bonds. The van der Waals surface area contributed by atoms with Crippen molar-refractivity contribution < 1.29 is 14.3 Å². The van der Waals surface area contributed by atoms with Crippen LogP contribution in [0.15, 0.2) is 53.5 Å². The van der Waals surface area contributed by atoms with Gasteiger partial charge in [-0.2, -0.15) is 0 Å². The van der Waals surface area contributed by atoms with Crippen molar-refractivity contribution in [3.05, 3.63) is 54.1 Å². The van der Waals surface area contributed by atoms with Gasteiger partial charge >= 0.3 is 0 Å². The first-order valence-corrected chi connectivity index (χ1v) is 10.8. The molecule has 31 heavy (non-hydrogen) atoms. The second-order valence-corrected chi connectivity index (χ2v) is 7.39. The van der Waals surface area contributed by atoms with Gasteiger partial charge in [-0.3, -0.25) is 9.79 Å². The number of amides is 1. The summed E-state index contributed by atoms with van der Waals surface area (Å²) in [6.45, 7) is 2.35. The van der Waals surface area contributed by atoms with Crippen LogP contribution in [0.2, 0.25) is 0 Å². The number of carbonyl (C=O) groups is 1. The van der Waals surface area contributed by atoms with Crippen LogP contribution >= 0.6 is 0 Å². The van der Waals surface area contributed by atoms with Crippen LogP contribution in [0.5, 0.6) is 11.5 Å². The number of carbonyl (C=O) groups excluding carboxylic acids is 1. The van der Waals surface area contributed by atoms with Gasteiger partial charge in [0.05, 0.1) is 12.8 Å². The summed E-state index contributed by atoms with van der Waals surface area (Å²) in [5.41, 5.74) is 2.17. The highest BCUT2D eigenvalue weighted by molar-refractivity contribution is 5.97. The first-order valence-electron chi connectivity index (χ1n) is 10.8. The predicted molar refractivity (Wildman–Crippen MR) is 124 cm³/mol. The van der Waals surface area contributed by atoms with Gasteiger partial charge in [0, 0.05) is 26.7 Å². The zero-order valence-electron chi connectivity index (χ0n) is 18.4. The second kappa shape index (κ2) is 11.8. The third kappa shape index (κ3) is 6.64. The van der Waals surface area contributed by atoms with Crippen LogP contribution in [0.4, 0.5) is 5.69 Å². The summed E-state index contributed by atoms with van der Waals surface area (Å²) in [7, 11) is 3.46. The van der Waals surface area contributed by atoms with Crippen molar-refractivity contribution in [1.82, 2.24) is 10.6 Å². The fourth-order valence-electron chi connectivity index (χ4n) is 3.52. The molecule has 1 aliphatic heterocycles. The Kier molecular flexibility index (Phi) is 8.58. The lowest BCUT2D eigenvalue weighted by Gasteiger charge is -2.29. The fraction of sp³-hybridized carbons (Fsp3) is 0.417. The van der Waals surface area contributed by atoms with E-state index in [9.17, 15) is 4.79 Å². The zero-order chi connectivity index (χ0) is 21.9. The van der Waals surface area contributed by atoms with E-state index in [1.165, 1.54) is 5.56 Å². The number of guanidine groups is 1. The van der Waals surface area contributed by atoms with E-state index >= 15 is 0 Å². The van der Waals surface area contributed by atoms with Crippen molar-refractivity contribution in [3.8, 4) is 11.5 Å². The summed E-state index contributed by atoms with van der Waals surface area (Å²) >= 11 is 0. The lowest BCUT2D eigenvalue weighted by molar-refractivity contribution is -0.121. The molecule has 0 bridgehead atoms. The summed E-state index contributed by atoms with van der Waals surface area (Å²) in [6.07, 6.45) is 4.03. The van der Waals surface area contributed by atoms with Gasteiger partial charge < -0.3 is 25.0 Å². The maximum absolute atomic E-state index is 12.2. The smallest absolute Gasteiger partial charge is 0.265 e. The van der Waals surface area contributed by atoms with Gasteiger partial charge in [-0.25, -0.2) is 0 Å².